The van der Waals surface area contributed by atoms with Gasteiger partial charge in [-0.15, -0.1) is 0 Å². The van der Waals surface area contributed by atoms with Crippen molar-refractivity contribution in [1.82, 2.24) is 15.3 Å². The molecule has 2 aromatic rings. The molecule has 144 valence electrons. The third kappa shape index (κ3) is 3.68. The van der Waals surface area contributed by atoms with Gasteiger partial charge in [0.05, 0.1) is 17.9 Å². The lowest BCUT2D eigenvalue weighted by Gasteiger charge is -2.39. The van der Waals surface area contributed by atoms with Gasteiger partial charge in [0.1, 0.15) is 0 Å². The number of anilines is 1. The fraction of sp³-hybridized carbons (Fsp3) is 0.524. The predicted molar refractivity (Wildman–Crippen MR) is 109 cm³/mol. The Labute approximate surface area is 166 Å². The molecule has 0 saturated carbocycles. The minimum absolute atomic E-state index is 0.176. The Bertz CT molecular complexity index is 783. The van der Waals surface area contributed by atoms with Crippen molar-refractivity contribution in [2.75, 3.05) is 31.1 Å². The lowest BCUT2D eigenvalue weighted by molar-refractivity contribution is -0.00574. The Hall–Kier alpha value is -1.69. The number of aromatic nitrogens is 2. The number of hydrogen-bond acceptors (Lipinski definition) is 5. The standard InChI is InChI=1S/C21H27ClN4O/c1-15-13-26(14-16(2)27-15)20-24-10-7-19(25-20)21(8-11-23-12-9-21)17-5-3-4-6-18(17)22/h3-7,10,15-16,23H,8-9,11-14H2,1-2H3/t15-,16+. The van der Waals surface area contributed by atoms with Crippen molar-refractivity contribution in [3.8, 4) is 0 Å². The monoisotopic (exact) mass is 386 g/mol. The molecule has 4 rings (SSSR count). The smallest absolute Gasteiger partial charge is 0.225 e. The molecule has 2 atom stereocenters. The van der Waals surface area contributed by atoms with Gasteiger partial charge < -0.3 is 15.0 Å². The summed E-state index contributed by atoms with van der Waals surface area (Å²) >= 11 is 6.63. The Morgan fingerprint density at radius 3 is 2.52 bits per heavy atom. The molecule has 1 aromatic carbocycles. The van der Waals surface area contributed by atoms with E-state index < -0.39 is 0 Å². The molecule has 2 aliphatic heterocycles. The van der Waals surface area contributed by atoms with Gasteiger partial charge >= 0.3 is 0 Å². The molecule has 0 amide bonds. The van der Waals surface area contributed by atoms with Crippen LogP contribution in [0.2, 0.25) is 5.02 Å². The Balaban J connectivity index is 1.74. The molecule has 5 nitrogen and oxygen atoms in total. The number of piperidine rings is 1. The lowest BCUT2D eigenvalue weighted by atomic mass is 9.70. The summed E-state index contributed by atoms with van der Waals surface area (Å²) in [6.45, 7) is 7.74. The molecule has 0 unspecified atom stereocenters. The highest BCUT2D eigenvalue weighted by molar-refractivity contribution is 6.31. The van der Waals surface area contributed by atoms with E-state index in [1.54, 1.807) is 0 Å². The van der Waals surface area contributed by atoms with Crippen LogP contribution in [0.25, 0.3) is 0 Å². The van der Waals surface area contributed by atoms with Crippen LogP contribution < -0.4 is 10.2 Å². The van der Waals surface area contributed by atoms with E-state index >= 15 is 0 Å². The number of hydrogen-bond donors (Lipinski definition) is 1. The third-order valence-electron chi connectivity index (χ3n) is 5.68. The van der Waals surface area contributed by atoms with Crippen LogP contribution in [-0.4, -0.2) is 48.4 Å². The maximum atomic E-state index is 6.63. The number of nitrogens with zero attached hydrogens (tertiary/aromatic N) is 3. The van der Waals surface area contributed by atoms with Crippen LogP contribution in [0.1, 0.15) is 37.9 Å². The van der Waals surface area contributed by atoms with E-state index in [2.05, 4.69) is 47.2 Å². The highest BCUT2D eigenvalue weighted by Crippen LogP contribution is 2.42. The van der Waals surface area contributed by atoms with Crippen LogP contribution in [-0.2, 0) is 10.2 Å². The largest absolute Gasteiger partial charge is 0.372 e. The quantitative estimate of drug-likeness (QED) is 0.875. The maximum absolute atomic E-state index is 6.63. The van der Waals surface area contributed by atoms with Crippen molar-refractivity contribution in [2.45, 2.75) is 44.3 Å². The molecular formula is C21H27ClN4O. The molecular weight excluding hydrogens is 360 g/mol. The van der Waals surface area contributed by atoms with Crippen molar-refractivity contribution >= 4 is 17.5 Å². The third-order valence-corrected chi connectivity index (χ3v) is 6.01. The molecule has 0 aliphatic carbocycles. The van der Waals surface area contributed by atoms with E-state index in [0.717, 1.165) is 55.7 Å². The Morgan fingerprint density at radius 1 is 1.11 bits per heavy atom. The fourth-order valence-corrected chi connectivity index (χ4v) is 4.79. The van der Waals surface area contributed by atoms with E-state index in [0.29, 0.717) is 0 Å². The molecule has 0 radical (unpaired) electrons. The molecule has 3 heterocycles. The van der Waals surface area contributed by atoms with Gasteiger partial charge in [0.15, 0.2) is 0 Å². The molecule has 1 N–H and O–H groups in total. The van der Waals surface area contributed by atoms with E-state index in [1.165, 1.54) is 5.56 Å². The van der Waals surface area contributed by atoms with Crippen LogP contribution in [0.15, 0.2) is 36.5 Å². The average Bonchev–Trinajstić information content (AvgIpc) is 2.68. The van der Waals surface area contributed by atoms with Crippen molar-refractivity contribution < 1.29 is 4.74 Å². The van der Waals surface area contributed by atoms with Crippen molar-refractivity contribution in [1.29, 1.82) is 0 Å². The first kappa shape index (κ1) is 18.7. The second-order valence-electron chi connectivity index (χ2n) is 7.72. The summed E-state index contributed by atoms with van der Waals surface area (Å²) in [7, 11) is 0. The van der Waals surface area contributed by atoms with Gasteiger partial charge in [-0.25, -0.2) is 9.97 Å². The molecule has 1 aromatic heterocycles. The maximum Gasteiger partial charge on any atom is 0.225 e. The fourth-order valence-electron chi connectivity index (χ4n) is 4.47. The molecule has 2 fully saturated rings. The zero-order chi connectivity index (χ0) is 18.9. The van der Waals surface area contributed by atoms with Gasteiger partial charge in [-0.1, -0.05) is 29.8 Å². The van der Waals surface area contributed by atoms with Crippen molar-refractivity contribution in [3.05, 3.63) is 52.8 Å². The first-order valence-electron chi connectivity index (χ1n) is 9.78. The van der Waals surface area contributed by atoms with E-state index in [9.17, 15) is 0 Å². The van der Waals surface area contributed by atoms with Gasteiger partial charge in [0.25, 0.3) is 0 Å². The molecule has 6 heteroatoms. The second-order valence-corrected chi connectivity index (χ2v) is 8.12. The number of halogens is 1. The zero-order valence-electron chi connectivity index (χ0n) is 16.0. The van der Waals surface area contributed by atoms with Gasteiger partial charge in [-0.05, 0) is 57.5 Å². The van der Waals surface area contributed by atoms with Crippen LogP contribution in [0.3, 0.4) is 0 Å². The summed E-state index contributed by atoms with van der Waals surface area (Å²) in [5.41, 5.74) is 2.06. The summed E-state index contributed by atoms with van der Waals surface area (Å²) in [5.74, 6) is 0.791. The van der Waals surface area contributed by atoms with E-state index in [1.807, 2.05) is 18.3 Å². The van der Waals surface area contributed by atoms with E-state index in [-0.39, 0.29) is 17.6 Å². The lowest BCUT2D eigenvalue weighted by Crippen LogP contribution is -2.46. The minimum Gasteiger partial charge on any atom is -0.372 e. The predicted octanol–water partition coefficient (Wildman–Crippen LogP) is 3.41. The van der Waals surface area contributed by atoms with Gasteiger partial charge in [0.2, 0.25) is 5.95 Å². The SMILES string of the molecule is C[C@@H]1CN(c2nccc(C3(c4ccccc4Cl)CCNCC3)n2)C[C@H](C)O1. The average molecular weight is 387 g/mol. The highest BCUT2D eigenvalue weighted by atomic mass is 35.5. The minimum atomic E-state index is -0.176. The first-order chi connectivity index (χ1) is 13.1. The summed E-state index contributed by atoms with van der Waals surface area (Å²) in [6, 6.07) is 10.2. The zero-order valence-corrected chi connectivity index (χ0v) is 16.7. The summed E-state index contributed by atoms with van der Waals surface area (Å²) < 4.78 is 5.87. The van der Waals surface area contributed by atoms with Crippen LogP contribution in [0.5, 0.6) is 0 Å². The normalized spacial score (nSPS) is 25.4. The number of nitrogens with one attached hydrogen (secondary N) is 1. The first-order valence-corrected chi connectivity index (χ1v) is 10.2. The second kappa shape index (κ2) is 7.74. The highest BCUT2D eigenvalue weighted by Gasteiger charge is 2.39. The number of ether oxygens (including phenoxy) is 1. The number of rotatable bonds is 3. The van der Waals surface area contributed by atoms with E-state index in [4.69, 9.17) is 21.3 Å². The summed E-state index contributed by atoms with van der Waals surface area (Å²) in [6.07, 6.45) is 4.20. The summed E-state index contributed by atoms with van der Waals surface area (Å²) in [5, 5.41) is 4.29. The van der Waals surface area contributed by atoms with Crippen molar-refractivity contribution in [3.63, 3.8) is 0 Å². The molecule has 0 spiro atoms. The van der Waals surface area contributed by atoms with Crippen molar-refractivity contribution in [2.24, 2.45) is 0 Å². The molecule has 2 saturated heterocycles. The van der Waals surface area contributed by atoms with Crippen LogP contribution in [0.4, 0.5) is 5.95 Å². The molecule has 27 heavy (non-hydrogen) atoms. The molecule has 0 bridgehead atoms. The van der Waals surface area contributed by atoms with Gasteiger partial charge in [0, 0.05) is 29.7 Å². The molecule has 2 aliphatic rings. The Morgan fingerprint density at radius 2 is 1.81 bits per heavy atom. The Kier molecular flexibility index (Phi) is 5.35. The van der Waals surface area contributed by atoms with Crippen LogP contribution in [0, 0.1) is 0 Å². The van der Waals surface area contributed by atoms with Gasteiger partial charge in [-0.3, -0.25) is 0 Å². The number of benzene rings is 1. The number of morpholine rings is 1. The summed E-state index contributed by atoms with van der Waals surface area (Å²) in [4.78, 5) is 11.9. The topological polar surface area (TPSA) is 50.3 Å². The van der Waals surface area contributed by atoms with Gasteiger partial charge in [-0.2, -0.15) is 0 Å². The van der Waals surface area contributed by atoms with Crippen LogP contribution >= 0.6 is 11.6 Å².